The van der Waals surface area contributed by atoms with Gasteiger partial charge in [0.15, 0.2) is 0 Å². The van der Waals surface area contributed by atoms with E-state index in [0.717, 1.165) is 12.0 Å². The molecule has 0 saturated carbocycles. The molecule has 0 radical (unpaired) electrons. The van der Waals surface area contributed by atoms with Crippen LogP contribution in [0.3, 0.4) is 0 Å². The maximum atomic E-state index is 12.6. The van der Waals surface area contributed by atoms with Gasteiger partial charge in [-0.1, -0.05) is 26.0 Å². The van der Waals surface area contributed by atoms with Crippen LogP contribution in [-0.2, 0) is 14.9 Å². The minimum absolute atomic E-state index is 0.0169. The number of ketones is 1. The first-order valence-electron chi connectivity index (χ1n) is 8.48. The monoisotopic (exact) mass is 389 g/mol. The molecule has 0 bridgehead atoms. The van der Waals surface area contributed by atoms with E-state index in [9.17, 15) is 23.1 Å². The van der Waals surface area contributed by atoms with Gasteiger partial charge in [0.2, 0.25) is 5.78 Å². The summed E-state index contributed by atoms with van der Waals surface area (Å²) in [6, 6.07) is 9.03. The molecule has 0 saturated heterocycles. The number of aliphatic carboxylic acids is 1. The third-order valence-corrected chi connectivity index (χ3v) is 5.69. The van der Waals surface area contributed by atoms with Gasteiger partial charge in [0.25, 0.3) is 0 Å². The molecule has 0 heterocycles. The van der Waals surface area contributed by atoms with Crippen molar-refractivity contribution in [3.05, 3.63) is 58.7 Å². The van der Waals surface area contributed by atoms with Crippen molar-refractivity contribution in [2.24, 2.45) is 0 Å². The summed E-state index contributed by atoms with van der Waals surface area (Å²) >= 11 is 0. The molecule has 2 aromatic rings. The number of rotatable bonds is 7. The van der Waals surface area contributed by atoms with Crippen LogP contribution in [0.25, 0.3) is 0 Å². The highest BCUT2D eigenvalue weighted by atomic mass is 32.2. The Morgan fingerprint density at radius 2 is 1.59 bits per heavy atom. The molecule has 2 aromatic carbocycles. The van der Waals surface area contributed by atoms with Crippen molar-refractivity contribution >= 4 is 21.9 Å². The lowest BCUT2D eigenvalue weighted by molar-refractivity contribution is -0.296. The van der Waals surface area contributed by atoms with Crippen molar-refractivity contribution in [2.75, 3.05) is 0 Å². The van der Waals surface area contributed by atoms with Crippen molar-refractivity contribution in [3.8, 4) is 5.75 Å². The Labute approximate surface area is 158 Å². The number of carboxylic acids is 1. The number of hydrogen-bond donors (Lipinski definition) is 0. The van der Waals surface area contributed by atoms with Crippen LogP contribution in [0, 0.1) is 13.8 Å². The molecule has 1 unspecified atom stereocenters. The van der Waals surface area contributed by atoms with E-state index in [1.165, 1.54) is 38.1 Å². The maximum absolute atomic E-state index is 12.6. The largest absolute Gasteiger partial charge is 0.541 e. The molecule has 0 fully saturated rings. The van der Waals surface area contributed by atoms with Gasteiger partial charge in [-0.2, -0.15) is 8.42 Å². The zero-order chi connectivity index (χ0) is 20.4. The SMILES string of the molecule is CCC(C)c1ccc(S(=O)(=O)Oc2c(C)cc(C(=O)C(=O)[O-])cc2C)cc1. The molecular formula is C20H21O6S-. The fourth-order valence-corrected chi connectivity index (χ4v) is 3.74. The third-order valence-electron chi connectivity index (χ3n) is 4.45. The van der Waals surface area contributed by atoms with Crippen LogP contribution in [0.15, 0.2) is 41.3 Å². The van der Waals surface area contributed by atoms with Gasteiger partial charge in [-0.3, -0.25) is 4.79 Å². The Kier molecular flexibility index (Phi) is 6.05. The molecule has 2 rings (SSSR count). The first-order chi connectivity index (χ1) is 12.6. The van der Waals surface area contributed by atoms with Crippen molar-refractivity contribution in [1.29, 1.82) is 0 Å². The van der Waals surface area contributed by atoms with E-state index in [0.29, 0.717) is 17.0 Å². The number of benzene rings is 2. The van der Waals surface area contributed by atoms with Gasteiger partial charge >= 0.3 is 10.1 Å². The molecule has 0 aliphatic rings. The lowest BCUT2D eigenvalue weighted by Crippen LogP contribution is -2.31. The summed E-state index contributed by atoms with van der Waals surface area (Å²) in [7, 11) is -4.07. The second-order valence-corrected chi connectivity index (χ2v) is 8.02. The van der Waals surface area contributed by atoms with Crippen LogP contribution in [0.4, 0.5) is 0 Å². The number of carbonyl (C=O) groups excluding carboxylic acids is 2. The second-order valence-electron chi connectivity index (χ2n) is 6.47. The Morgan fingerprint density at radius 3 is 2.04 bits per heavy atom. The molecule has 0 N–H and O–H groups in total. The molecule has 1 atom stereocenters. The van der Waals surface area contributed by atoms with Crippen LogP contribution in [0.1, 0.15) is 53.2 Å². The van der Waals surface area contributed by atoms with E-state index in [1.54, 1.807) is 12.1 Å². The van der Waals surface area contributed by atoms with Gasteiger partial charge in [0, 0.05) is 5.56 Å². The zero-order valence-electron chi connectivity index (χ0n) is 15.6. The fourth-order valence-electron chi connectivity index (χ4n) is 2.69. The maximum Gasteiger partial charge on any atom is 0.339 e. The Hall–Kier alpha value is -2.67. The van der Waals surface area contributed by atoms with Gasteiger partial charge < -0.3 is 14.1 Å². The quantitative estimate of drug-likeness (QED) is 0.410. The molecule has 0 aliphatic carbocycles. The van der Waals surface area contributed by atoms with Gasteiger partial charge in [0.05, 0.1) is 0 Å². The fraction of sp³-hybridized carbons (Fsp3) is 0.300. The van der Waals surface area contributed by atoms with Crippen LogP contribution >= 0.6 is 0 Å². The number of carbonyl (C=O) groups is 2. The zero-order valence-corrected chi connectivity index (χ0v) is 16.4. The summed E-state index contributed by atoms with van der Waals surface area (Å²) in [4.78, 5) is 22.3. The molecule has 0 spiro atoms. The Balaban J connectivity index is 2.35. The summed E-state index contributed by atoms with van der Waals surface area (Å²) in [6.45, 7) is 7.19. The topological polar surface area (TPSA) is 101 Å². The number of carboxylic acid groups (broad SMARTS) is 1. The van der Waals surface area contributed by atoms with Crippen molar-refractivity contribution in [3.63, 3.8) is 0 Å². The molecule has 144 valence electrons. The number of hydrogen-bond acceptors (Lipinski definition) is 6. The Bertz CT molecular complexity index is 951. The highest BCUT2D eigenvalue weighted by Gasteiger charge is 2.21. The summed E-state index contributed by atoms with van der Waals surface area (Å²) in [5.41, 5.74) is 1.61. The van der Waals surface area contributed by atoms with Crippen LogP contribution in [-0.4, -0.2) is 20.2 Å². The number of aryl methyl sites for hydroxylation is 2. The van der Waals surface area contributed by atoms with Gasteiger partial charge in [0.1, 0.15) is 16.6 Å². The van der Waals surface area contributed by atoms with Crippen molar-refractivity contribution < 1.29 is 27.3 Å². The van der Waals surface area contributed by atoms with Gasteiger partial charge in [-0.05, 0) is 67.1 Å². The van der Waals surface area contributed by atoms with Gasteiger partial charge in [-0.15, -0.1) is 0 Å². The summed E-state index contributed by atoms with van der Waals surface area (Å²) in [6.07, 6.45) is 0.942. The molecular weight excluding hydrogens is 368 g/mol. The standard InChI is InChI=1S/C20H22O6S/c1-5-12(2)15-6-8-17(9-7-15)27(24,25)26-19-13(3)10-16(11-14(19)4)18(21)20(22)23/h6-12H,5H2,1-4H3,(H,22,23)/p-1. The molecule has 6 nitrogen and oxygen atoms in total. The summed E-state index contributed by atoms with van der Waals surface area (Å²) < 4.78 is 30.5. The third kappa shape index (κ3) is 4.54. The van der Waals surface area contributed by atoms with Crippen molar-refractivity contribution in [2.45, 2.75) is 44.9 Å². The summed E-state index contributed by atoms with van der Waals surface area (Å²) in [5.74, 6) is -2.61. The van der Waals surface area contributed by atoms with E-state index >= 15 is 0 Å². The summed E-state index contributed by atoms with van der Waals surface area (Å²) in [5, 5.41) is 10.7. The average molecular weight is 389 g/mol. The molecule has 0 aromatic heterocycles. The van der Waals surface area contributed by atoms with Crippen LogP contribution in [0.2, 0.25) is 0 Å². The molecule has 0 amide bonds. The van der Waals surface area contributed by atoms with Gasteiger partial charge in [-0.25, -0.2) is 0 Å². The van der Waals surface area contributed by atoms with Crippen LogP contribution in [0.5, 0.6) is 5.75 Å². The first kappa shape index (κ1) is 20.6. The first-order valence-corrected chi connectivity index (χ1v) is 9.89. The normalized spacial score (nSPS) is 12.4. The van der Waals surface area contributed by atoms with E-state index < -0.39 is 21.9 Å². The van der Waals surface area contributed by atoms with E-state index in [1.807, 2.05) is 0 Å². The lowest BCUT2D eigenvalue weighted by Gasteiger charge is -2.14. The molecule has 27 heavy (non-hydrogen) atoms. The predicted octanol–water partition coefficient (Wildman–Crippen LogP) is 2.52. The minimum Gasteiger partial charge on any atom is -0.541 e. The van der Waals surface area contributed by atoms with E-state index in [-0.39, 0.29) is 16.2 Å². The van der Waals surface area contributed by atoms with E-state index in [4.69, 9.17) is 4.18 Å². The number of Topliss-reactive ketones (excluding diaryl/α,β-unsaturated/α-hetero) is 1. The van der Waals surface area contributed by atoms with Crippen LogP contribution < -0.4 is 9.29 Å². The molecule has 7 heteroatoms. The second kappa shape index (κ2) is 7.92. The smallest absolute Gasteiger partial charge is 0.339 e. The average Bonchev–Trinajstić information content (AvgIpc) is 2.63. The predicted molar refractivity (Wildman–Crippen MR) is 98.2 cm³/mol. The minimum atomic E-state index is -4.07. The molecule has 0 aliphatic heterocycles. The lowest BCUT2D eigenvalue weighted by atomic mass is 9.99. The highest BCUT2D eigenvalue weighted by molar-refractivity contribution is 7.87. The van der Waals surface area contributed by atoms with Crippen molar-refractivity contribution in [1.82, 2.24) is 0 Å². The Morgan fingerprint density at radius 1 is 1.07 bits per heavy atom. The highest BCUT2D eigenvalue weighted by Crippen LogP contribution is 2.29. The van der Waals surface area contributed by atoms with E-state index in [2.05, 4.69) is 13.8 Å².